The summed E-state index contributed by atoms with van der Waals surface area (Å²) in [5.41, 5.74) is 0. The Balaban J connectivity index is 2.13. The summed E-state index contributed by atoms with van der Waals surface area (Å²) in [6, 6.07) is 5.11. The van der Waals surface area contributed by atoms with E-state index in [9.17, 15) is 0 Å². The number of hydrogen-bond acceptors (Lipinski definition) is 3. The summed E-state index contributed by atoms with van der Waals surface area (Å²) in [6.07, 6.45) is 3.09. The lowest BCUT2D eigenvalue weighted by molar-refractivity contribution is 0.216. The minimum Gasteiger partial charge on any atom is -0.483 e. The molecule has 2 rings (SSSR count). The topological polar surface area (TPSA) is 35.0 Å². The SMILES string of the molecule is CC(Oc1ccc(Cl)c(Cl)c1)c1ncc(Br)cn1. The molecule has 6 heteroatoms. The van der Waals surface area contributed by atoms with Gasteiger partial charge in [0.25, 0.3) is 0 Å². The standard InChI is InChI=1S/C12H9BrCl2N2O/c1-7(12-16-5-8(13)6-17-12)18-9-2-3-10(14)11(15)4-9/h2-7H,1H3. The molecular weight excluding hydrogens is 339 g/mol. The quantitative estimate of drug-likeness (QED) is 0.808. The van der Waals surface area contributed by atoms with Crippen molar-refractivity contribution >= 4 is 39.1 Å². The predicted octanol–water partition coefficient (Wildman–Crippen LogP) is 4.69. The number of nitrogens with zero attached hydrogens (tertiary/aromatic N) is 2. The van der Waals surface area contributed by atoms with Crippen LogP contribution in [0.15, 0.2) is 35.1 Å². The van der Waals surface area contributed by atoms with E-state index in [2.05, 4.69) is 25.9 Å². The monoisotopic (exact) mass is 346 g/mol. The van der Waals surface area contributed by atoms with Crippen LogP contribution in [0.5, 0.6) is 5.75 Å². The lowest BCUT2D eigenvalue weighted by atomic mass is 10.3. The third-order valence-corrected chi connectivity index (χ3v) is 3.36. The maximum atomic E-state index is 5.91. The molecule has 0 fully saturated rings. The van der Waals surface area contributed by atoms with Gasteiger partial charge in [0, 0.05) is 18.5 Å². The second-order valence-corrected chi connectivity index (χ2v) is 5.33. The molecule has 0 spiro atoms. The molecule has 0 aliphatic carbocycles. The molecule has 1 unspecified atom stereocenters. The molecule has 1 atom stereocenters. The Kier molecular flexibility index (Phi) is 4.43. The molecule has 0 N–H and O–H groups in total. The van der Waals surface area contributed by atoms with Gasteiger partial charge < -0.3 is 4.74 Å². The Morgan fingerprint density at radius 2 is 1.83 bits per heavy atom. The summed E-state index contributed by atoms with van der Waals surface area (Å²) in [4.78, 5) is 8.34. The Morgan fingerprint density at radius 3 is 2.44 bits per heavy atom. The number of rotatable bonds is 3. The summed E-state index contributed by atoms with van der Waals surface area (Å²) >= 11 is 15.0. The van der Waals surface area contributed by atoms with Crippen molar-refractivity contribution in [1.82, 2.24) is 9.97 Å². The zero-order chi connectivity index (χ0) is 13.1. The number of aromatic nitrogens is 2. The fourth-order valence-electron chi connectivity index (χ4n) is 1.34. The van der Waals surface area contributed by atoms with E-state index in [1.807, 2.05) is 6.92 Å². The average molecular weight is 348 g/mol. The van der Waals surface area contributed by atoms with Gasteiger partial charge in [0.15, 0.2) is 11.9 Å². The van der Waals surface area contributed by atoms with Crippen LogP contribution in [0, 0.1) is 0 Å². The van der Waals surface area contributed by atoms with Crippen LogP contribution >= 0.6 is 39.1 Å². The van der Waals surface area contributed by atoms with E-state index in [-0.39, 0.29) is 6.10 Å². The smallest absolute Gasteiger partial charge is 0.169 e. The van der Waals surface area contributed by atoms with Gasteiger partial charge in [-0.1, -0.05) is 23.2 Å². The average Bonchev–Trinajstić information content (AvgIpc) is 2.34. The predicted molar refractivity (Wildman–Crippen MR) is 75.2 cm³/mol. The third kappa shape index (κ3) is 3.34. The molecule has 94 valence electrons. The molecule has 0 aliphatic rings. The zero-order valence-corrected chi connectivity index (χ0v) is 12.5. The van der Waals surface area contributed by atoms with Crippen LogP contribution in [0.2, 0.25) is 10.0 Å². The first-order valence-electron chi connectivity index (χ1n) is 5.15. The highest BCUT2D eigenvalue weighted by molar-refractivity contribution is 9.10. The molecule has 18 heavy (non-hydrogen) atoms. The number of ether oxygens (including phenoxy) is 1. The van der Waals surface area contributed by atoms with E-state index in [1.54, 1.807) is 30.6 Å². The highest BCUT2D eigenvalue weighted by Crippen LogP contribution is 2.28. The highest BCUT2D eigenvalue weighted by Gasteiger charge is 2.11. The lowest BCUT2D eigenvalue weighted by Crippen LogP contribution is -2.07. The first-order chi connectivity index (χ1) is 8.56. The lowest BCUT2D eigenvalue weighted by Gasteiger charge is -2.13. The molecule has 0 amide bonds. The van der Waals surface area contributed by atoms with Crippen LogP contribution in [0.3, 0.4) is 0 Å². The Bertz CT molecular complexity index is 548. The molecule has 0 radical (unpaired) electrons. The first kappa shape index (κ1) is 13.6. The molecule has 2 aromatic rings. The van der Waals surface area contributed by atoms with Gasteiger partial charge in [-0.05, 0) is 35.0 Å². The van der Waals surface area contributed by atoms with Crippen LogP contribution in [0.4, 0.5) is 0 Å². The van der Waals surface area contributed by atoms with Crippen molar-refractivity contribution in [3.05, 3.63) is 50.9 Å². The molecule has 0 saturated carbocycles. The van der Waals surface area contributed by atoms with Gasteiger partial charge in [0.2, 0.25) is 0 Å². The van der Waals surface area contributed by atoms with Gasteiger partial charge in [-0.15, -0.1) is 0 Å². The second-order valence-electron chi connectivity index (χ2n) is 3.60. The van der Waals surface area contributed by atoms with E-state index >= 15 is 0 Å². The van der Waals surface area contributed by atoms with E-state index in [0.717, 1.165) is 4.47 Å². The Morgan fingerprint density at radius 1 is 1.17 bits per heavy atom. The minimum atomic E-state index is -0.268. The van der Waals surface area contributed by atoms with Gasteiger partial charge in [0.1, 0.15) is 5.75 Å². The molecule has 0 bridgehead atoms. The van der Waals surface area contributed by atoms with E-state index in [4.69, 9.17) is 27.9 Å². The van der Waals surface area contributed by atoms with Gasteiger partial charge >= 0.3 is 0 Å². The Labute approximate surface area is 123 Å². The number of benzene rings is 1. The van der Waals surface area contributed by atoms with Crippen molar-refractivity contribution in [2.75, 3.05) is 0 Å². The molecule has 1 aromatic carbocycles. The van der Waals surface area contributed by atoms with Crippen LogP contribution in [0.1, 0.15) is 18.9 Å². The molecule has 3 nitrogen and oxygen atoms in total. The number of halogens is 3. The van der Waals surface area contributed by atoms with Crippen molar-refractivity contribution in [1.29, 1.82) is 0 Å². The van der Waals surface area contributed by atoms with Crippen LogP contribution in [-0.2, 0) is 0 Å². The molecule has 0 saturated heterocycles. The second kappa shape index (κ2) is 5.87. The fraction of sp³-hybridized carbons (Fsp3) is 0.167. The zero-order valence-electron chi connectivity index (χ0n) is 9.40. The van der Waals surface area contributed by atoms with Crippen LogP contribution in [0.25, 0.3) is 0 Å². The van der Waals surface area contributed by atoms with Crippen molar-refractivity contribution in [3.63, 3.8) is 0 Å². The maximum Gasteiger partial charge on any atom is 0.169 e. The van der Waals surface area contributed by atoms with Crippen molar-refractivity contribution in [2.45, 2.75) is 13.0 Å². The van der Waals surface area contributed by atoms with Gasteiger partial charge in [0.05, 0.1) is 14.5 Å². The summed E-state index contributed by atoms with van der Waals surface area (Å²) in [7, 11) is 0. The molecule has 1 heterocycles. The highest BCUT2D eigenvalue weighted by atomic mass is 79.9. The molecular formula is C12H9BrCl2N2O. The largest absolute Gasteiger partial charge is 0.483 e. The third-order valence-electron chi connectivity index (χ3n) is 2.21. The van der Waals surface area contributed by atoms with Crippen LogP contribution < -0.4 is 4.74 Å². The van der Waals surface area contributed by atoms with Gasteiger partial charge in [-0.2, -0.15) is 0 Å². The van der Waals surface area contributed by atoms with Crippen molar-refractivity contribution in [3.8, 4) is 5.75 Å². The normalized spacial score (nSPS) is 12.2. The van der Waals surface area contributed by atoms with E-state index < -0.39 is 0 Å². The Hall–Kier alpha value is -0.840. The summed E-state index contributed by atoms with van der Waals surface area (Å²) < 4.78 is 6.52. The minimum absolute atomic E-state index is 0.268. The maximum absolute atomic E-state index is 5.91. The van der Waals surface area contributed by atoms with Gasteiger partial charge in [-0.25, -0.2) is 9.97 Å². The molecule has 1 aromatic heterocycles. The van der Waals surface area contributed by atoms with Crippen molar-refractivity contribution in [2.24, 2.45) is 0 Å². The van der Waals surface area contributed by atoms with Crippen LogP contribution in [-0.4, -0.2) is 9.97 Å². The molecule has 0 aliphatic heterocycles. The van der Waals surface area contributed by atoms with Gasteiger partial charge in [-0.3, -0.25) is 0 Å². The first-order valence-corrected chi connectivity index (χ1v) is 6.70. The summed E-state index contributed by atoms with van der Waals surface area (Å²) in [5, 5.41) is 0.953. The van der Waals surface area contributed by atoms with Crippen molar-refractivity contribution < 1.29 is 4.74 Å². The van der Waals surface area contributed by atoms with E-state index in [0.29, 0.717) is 21.6 Å². The summed E-state index contributed by atoms with van der Waals surface area (Å²) in [6.45, 7) is 1.87. The summed E-state index contributed by atoms with van der Waals surface area (Å²) in [5.74, 6) is 1.23. The van der Waals surface area contributed by atoms with E-state index in [1.165, 1.54) is 0 Å². The number of hydrogen-bond donors (Lipinski definition) is 0. The fourth-order valence-corrected chi connectivity index (χ4v) is 1.83.